The Morgan fingerprint density at radius 1 is 1.09 bits per heavy atom. The van der Waals surface area contributed by atoms with Crippen LogP contribution in [0, 0.1) is 28.6 Å². The van der Waals surface area contributed by atoms with Gasteiger partial charge in [0.15, 0.2) is 23.5 Å². The minimum Gasteiger partial charge on any atom is -0.489 e. The molecule has 44 heavy (non-hydrogen) atoms. The second kappa shape index (κ2) is 10.7. The Morgan fingerprint density at radius 2 is 1.89 bits per heavy atom. The van der Waals surface area contributed by atoms with Crippen molar-refractivity contribution in [1.82, 2.24) is 0 Å². The van der Waals surface area contributed by atoms with Gasteiger partial charge in [0, 0.05) is 22.3 Å². The highest BCUT2D eigenvalue weighted by atomic mass is 16.7. The van der Waals surface area contributed by atoms with Crippen molar-refractivity contribution in [3.05, 3.63) is 89.0 Å². The van der Waals surface area contributed by atoms with Crippen LogP contribution in [-0.2, 0) is 32.3 Å². The van der Waals surface area contributed by atoms with Gasteiger partial charge in [-0.3, -0.25) is 9.59 Å². The van der Waals surface area contributed by atoms with Gasteiger partial charge in [-0.2, -0.15) is 0 Å². The van der Waals surface area contributed by atoms with E-state index < -0.39 is 47.3 Å². The summed E-state index contributed by atoms with van der Waals surface area (Å²) in [4.78, 5) is 26.0. The molecule has 0 unspecified atom stereocenters. The molecule has 2 aromatic rings. The van der Waals surface area contributed by atoms with Gasteiger partial charge in [-0.25, -0.2) is 0 Å². The minimum atomic E-state index is -1.39. The molecule has 1 heterocycles. The van der Waals surface area contributed by atoms with Gasteiger partial charge in [0.2, 0.25) is 0 Å². The first kappa shape index (κ1) is 29.6. The molecule has 4 aliphatic carbocycles. The average molecular weight is 601 g/mol. The van der Waals surface area contributed by atoms with Gasteiger partial charge in [-0.1, -0.05) is 55.8 Å². The lowest BCUT2D eigenvalue weighted by Gasteiger charge is -2.59. The molecule has 8 heteroatoms. The van der Waals surface area contributed by atoms with Gasteiger partial charge in [-0.05, 0) is 79.0 Å². The summed E-state index contributed by atoms with van der Waals surface area (Å²) in [5.41, 5.74) is 0.986. The zero-order valence-corrected chi connectivity index (χ0v) is 25.1. The molecule has 3 saturated carbocycles. The Kier molecular flexibility index (Phi) is 7.22. The Labute approximate surface area is 257 Å². The van der Waals surface area contributed by atoms with E-state index in [4.69, 9.17) is 14.2 Å². The number of Topliss-reactive ketones (excluding diaryl/α,β-unsaturated/α-hetero) is 1. The molecule has 232 valence electrons. The average Bonchev–Trinajstić information content (AvgIpc) is 3.53. The molecule has 7 rings (SSSR count). The number of aliphatic hydroxyl groups is 3. The van der Waals surface area contributed by atoms with Crippen LogP contribution in [0.25, 0.3) is 0 Å². The number of ketones is 2. The molecule has 9 atom stereocenters. The maximum atomic E-state index is 13.8. The van der Waals surface area contributed by atoms with Crippen LogP contribution in [0.1, 0.15) is 62.5 Å². The van der Waals surface area contributed by atoms with Crippen molar-refractivity contribution in [3.8, 4) is 5.75 Å². The lowest BCUT2D eigenvalue weighted by atomic mass is 9.46. The van der Waals surface area contributed by atoms with E-state index in [9.17, 15) is 24.9 Å². The lowest BCUT2D eigenvalue weighted by Crippen LogP contribution is -2.63. The third kappa shape index (κ3) is 4.30. The van der Waals surface area contributed by atoms with E-state index in [1.54, 1.807) is 12.2 Å². The quantitative estimate of drug-likeness (QED) is 0.429. The molecule has 0 radical (unpaired) electrons. The summed E-state index contributed by atoms with van der Waals surface area (Å²) in [6, 6.07) is 15.0. The second-order valence-corrected chi connectivity index (χ2v) is 13.7. The van der Waals surface area contributed by atoms with Gasteiger partial charge in [0.05, 0.1) is 18.8 Å². The van der Waals surface area contributed by atoms with Crippen molar-refractivity contribution in [2.75, 3.05) is 6.61 Å². The van der Waals surface area contributed by atoms with Crippen LogP contribution >= 0.6 is 0 Å². The number of benzene rings is 2. The van der Waals surface area contributed by atoms with Crippen molar-refractivity contribution in [2.45, 2.75) is 76.8 Å². The first-order valence-electron chi connectivity index (χ1n) is 15.6. The van der Waals surface area contributed by atoms with Crippen molar-refractivity contribution in [2.24, 2.45) is 28.6 Å². The van der Waals surface area contributed by atoms with Gasteiger partial charge in [0.1, 0.15) is 19.0 Å². The Morgan fingerprint density at radius 3 is 2.64 bits per heavy atom. The Balaban J connectivity index is 1.15. The predicted molar refractivity (Wildman–Crippen MR) is 160 cm³/mol. The van der Waals surface area contributed by atoms with Crippen molar-refractivity contribution >= 4 is 11.6 Å². The highest BCUT2D eigenvalue weighted by molar-refractivity contribution is 6.01. The molecule has 0 bridgehead atoms. The van der Waals surface area contributed by atoms with Crippen LogP contribution in [0.2, 0.25) is 0 Å². The lowest BCUT2D eigenvalue weighted by molar-refractivity contribution is -0.201. The molecule has 1 saturated heterocycles. The third-order valence-electron chi connectivity index (χ3n) is 11.5. The normalized spacial score (nSPS) is 38.8. The topological polar surface area (TPSA) is 123 Å². The minimum absolute atomic E-state index is 0.00543. The number of allylic oxidation sites excluding steroid dienone is 4. The van der Waals surface area contributed by atoms with E-state index in [0.717, 1.165) is 35.1 Å². The molecule has 0 spiro atoms. The van der Waals surface area contributed by atoms with Gasteiger partial charge < -0.3 is 29.5 Å². The van der Waals surface area contributed by atoms with Crippen LogP contribution in [0.5, 0.6) is 5.75 Å². The van der Waals surface area contributed by atoms with Crippen molar-refractivity contribution in [3.63, 3.8) is 0 Å². The maximum Gasteiger partial charge on any atom is 0.193 e. The molecule has 2 aromatic carbocycles. The fourth-order valence-electron chi connectivity index (χ4n) is 9.52. The van der Waals surface area contributed by atoms with Crippen LogP contribution in [0.3, 0.4) is 0 Å². The third-order valence-corrected chi connectivity index (χ3v) is 11.5. The van der Waals surface area contributed by atoms with E-state index in [2.05, 4.69) is 6.92 Å². The van der Waals surface area contributed by atoms with Crippen molar-refractivity contribution < 1.29 is 39.1 Å². The van der Waals surface area contributed by atoms with E-state index >= 15 is 0 Å². The number of aliphatic hydroxyl groups excluding tert-OH is 3. The fourth-order valence-corrected chi connectivity index (χ4v) is 9.52. The number of hydrogen-bond acceptors (Lipinski definition) is 8. The number of hydrogen-bond donors (Lipinski definition) is 3. The number of rotatable bonds is 7. The van der Waals surface area contributed by atoms with E-state index in [-0.39, 0.29) is 30.1 Å². The monoisotopic (exact) mass is 600 g/mol. The van der Waals surface area contributed by atoms with Crippen LogP contribution in [0.4, 0.5) is 0 Å². The number of ether oxygens (including phenoxy) is 3. The molecule has 4 fully saturated rings. The van der Waals surface area contributed by atoms with Crippen LogP contribution in [-0.4, -0.2) is 51.3 Å². The predicted octanol–water partition coefficient (Wildman–Crippen LogP) is 4.36. The summed E-state index contributed by atoms with van der Waals surface area (Å²) in [5.74, 6) is 0.336. The number of carbonyl (C=O) groups excluding carboxylic acids is 2. The van der Waals surface area contributed by atoms with Crippen molar-refractivity contribution in [1.29, 1.82) is 0 Å². The number of fused-ring (bicyclic) bond motifs is 7. The summed E-state index contributed by atoms with van der Waals surface area (Å²) in [6.07, 6.45) is 5.75. The Hall–Kier alpha value is -3.14. The highest BCUT2D eigenvalue weighted by Gasteiger charge is 2.75. The summed E-state index contributed by atoms with van der Waals surface area (Å²) < 4.78 is 19.3. The molecule has 0 aromatic heterocycles. The smallest absolute Gasteiger partial charge is 0.193 e. The molecule has 3 N–H and O–H groups in total. The zero-order valence-electron chi connectivity index (χ0n) is 25.1. The highest BCUT2D eigenvalue weighted by Crippen LogP contribution is 2.70. The largest absolute Gasteiger partial charge is 0.489 e. The van der Waals surface area contributed by atoms with E-state index in [1.807, 2.05) is 61.5 Å². The summed E-state index contributed by atoms with van der Waals surface area (Å²) >= 11 is 0. The number of carbonyl (C=O) groups is 2. The maximum absolute atomic E-state index is 13.8. The van der Waals surface area contributed by atoms with Gasteiger partial charge >= 0.3 is 0 Å². The standard InChI is InChI=1S/C36H40O8/c1-34-13-12-25(39)15-24(34)8-11-27-28-16-31-36(30(41)19-38,35(28,2)17-29(40)32(27)34)44-33(43-31)23-5-3-4-22(14-23)20-42-26-9-6-21(18-37)7-10-26/h3-7,9-10,12-15,27-29,31-33,37-38,40H,8,11,16-20H2,1-2H3/t27-,28-,29-,31+,32+,33+,34-,35-,36+/m0/s1. The first-order valence-corrected chi connectivity index (χ1v) is 15.6. The molecular weight excluding hydrogens is 560 g/mol. The molecule has 8 nitrogen and oxygen atoms in total. The van der Waals surface area contributed by atoms with Gasteiger partial charge in [0.25, 0.3) is 0 Å². The fraction of sp³-hybridized carbons (Fsp3) is 0.500. The van der Waals surface area contributed by atoms with Gasteiger partial charge in [-0.15, -0.1) is 0 Å². The Bertz CT molecular complexity index is 1530. The zero-order chi connectivity index (χ0) is 30.9. The first-order chi connectivity index (χ1) is 21.1. The summed E-state index contributed by atoms with van der Waals surface area (Å²) in [7, 11) is 0. The second-order valence-electron chi connectivity index (χ2n) is 13.7. The summed E-state index contributed by atoms with van der Waals surface area (Å²) in [5, 5.41) is 31.4. The molecule has 0 amide bonds. The SMILES string of the molecule is C[C@]12C=CC(=O)C=C1CC[C@@H]1[C@@H]2[C@@H](O)C[C@@]2(C)[C@H]1C[C@H]1O[C@@H](c3cccc(COc4ccc(CO)cc4)c3)O[C@]12C(=O)CO. The molecule has 5 aliphatic rings. The van der Waals surface area contributed by atoms with E-state index in [0.29, 0.717) is 25.2 Å². The molecular formula is C36H40O8. The van der Waals surface area contributed by atoms with E-state index in [1.165, 1.54) is 0 Å². The van der Waals surface area contributed by atoms with Crippen LogP contribution in [0.15, 0.2) is 72.3 Å². The molecule has 1 aliphatic heterocycles. The summed E-state index contributed by atoms with van der Waals surface area (Å²) in [6.45, 7) is 3.78. The van der Waals surface area contributed by atoms with Crippen LogP contribution < -0.4 is 4.74 Å².